The van der Waals surface area contributed by atoms with Gasteiger partial charge in [0, 0.05) is 31.3 Å². The fourth-order valence-corrected chi connectivity index (χ4v) is 3.51. The van der Waals surface area contributed by atoms with Crippen LogP contribution in [-0.2, 0) is 13.1 Å². The maximum Gasteiger partial charge on any atom is 0.258 e. The van der Waals surface area contributed by atoms with Gasteiger partial charge >= 0.3 is 0 Å². The lowest BCUT2D eigenvalue weighted by Gasteiger charge is -2.17. The number of carbonyl (C=O) groups is 1. The molecule has 0 unspecified atom stereocenters. The first-order valence-electron chi connectivity index (χ1n) is 9.58. The van der Waals surface area contributed by atoms with Crippen LogP contribution >= 0.6 is 0 Å². The van der Waals surface area contributed by atoms with Crippen molar-refractivity contribution in [3.8, 4) is 17.2 Å². The molecular weight excluding hydrogens is 368 g/mol. The largest absolute Gasteiger partial charge is 0.507 e. The summed E-state index contributed by atoms with van der Waals surface area (Å²) in [6, 6.07) is 6.68. The molecule has 0 fully saturated rings. The molecule has 0 bridgehead atoms. The van der Waals surface area contributed by atoms with Crippen LogP contribution in [0.1, 0.15) is 39.5 Å². The van der Waals surface area contributed by atoms with E-state index in [0.29, 0.717) is 30.8 Å². The van der Waals surface area contributed by atoms with Crippen molar-refractivity contribution < 1.29 is 19.7 Å². The number of nitrogens with zero attached hydrogens (tertiary/aromatic N) is 2. The Labute approximate surface area is 171 Å². The first-order valence-corrected chi connectivity index (χ1v) is 9.58. The zero-order chi connectivity index (χ0) is 21.3. The molecule has 0 aliphatic carbocycles. The Bertz CT molecular complexity index is 966. The van der Waals surface area contributed by atoms with Gasteiger partial charge in [-0.15, -0.1) is 0 Å². The molecule has 2 aromatic carbocycles. The zero-order valence-electron chi connectivity index (χ0n) is 17.5. The monoisotopic (exact) mass is 396 g/mol. The Balaban J connectivity index is 1.81. The van der Waals surface area contributed by atoms with E-state index in [0.717, 1.165) is 29.0 Å². The number of rotatable bonds is 6. The maximum absolute atomic E-state index is 13.1. The molecule has 0 saturated carbocycles. The minimum absolute atomic E-state index is 0.0911. The Hall–Kier alpha value is -2.99. The summed E-state index contributed by atoms with van der Waals surface area (Å²) in [6.45, 7) is 9.92. The van der Waals surface area contributed by atoms with Crippen molar-refractivity contribution in [3.05, 3.63) is 58.7 Å². The fourth-order valence-electron chi connectivity index (χ4n) is 3.51. The van der Waals surface area contributed by atoms with E-state index in [1.165, 1.54) is 12.1 Å². The smallest absolute Gasteiger partial charge is 0.258 e. The molecule has 6 nitrogen and oxygen atoms in total. The first kappa shape index (κ1) is 20.7. The van der Waals surface area contributed by atoms with Gasteiger partial charge in [0.05, 0.1) is 5.56 Å². The van der Waals surface area contributed by atoms with E-state index in [9.17, 15) is 15.0 Å². The van der Waals surface area contributed by atoms with Gasteiger partial charge in [-0.05, 0) is 68.4 Å². The summed E-state index contributed by atoms with van der Waals surface area (Å²) in [6.07, 6.45) is 0. The van der Waals surface area contributed by atoms with Gasteiger partial charge in [0.2, 0.25) is 0 Å². The Morgan fingerprint density at radius 3 is 2.48 bits per heavy atom. The average Bonchev–Trinajstić information content (AvgIpc) is 3.05. The predicted octanol–water partition coefficient (Wildman–Crippen LogP) is 3.54. The SMILES string of the molecule is C=C(C)c1cc(C(=O)N2Cc3cc(OCCN(C)C)cc(C)c3C2)c(O)cc1O. The third-order valence-corrected chi connectivity index (χ3v) is 5.15. The molecule has 6 heteroatoms. The summed E-state index contributed by atoms with van der Waals surface area (Å²) >= 11 is 0. The third-order valence-electron chi connectivity index (χ3n) is 5.15. The maximum atomic E-state index is 13.1. The van der Waals surface area contributed by atoms with Gasteiger partial charge in [0.1, 0.15) is 23.9 Å². The van der Waals surface area contributed by atoms with Gasteiger partial charge in [-0.25, -0.2) is 0 Å². The van der Waals surface area contributed by atoms with E-state index in [1.807, 2.05) is 33.2 Å². The molecule has 0 radical (unpaired) electrons. The molecule has 1 amide bonds. The first-order chi connectivity index (χ1) is 13.7. The zero-order valence-corrected chi connectivity index (χ0v) is 17.5. The minimum Gasteiger partial charge on any atom is -0.507 e. The van der Waals surface area contributed by atoms with Crippen LogP contribution in [-0.4, -0.2) is 53.2 Å². The number of hydrogen-bond acceptors (Lipinski definition) is 5. The molecule has 0 atom stereocenters. The van der Waals surface area contributed by atoms with Crippen molar-refractivity contribution >= 4 is 11.5 Å². The quantitative estimate of drug-likeness (QED) is 0.781. The van der Waals surface area contributed by atoms with Crippen molar-refractivity contribution in [1.29, 1.82) is 0 Å². The van der Waals surface area contributed by atoms with Gasteiger partial charge in [-0.2, -0.15) is 0 Å². The second-order valence-electron chi connectivity index (χ2n) is 7.86. The average molecular weight is 396 g/mol. The van der Waals surface area contributed by atoms with Gasteiger partial charge in [-0.1, -0.05) is 6.58 Å². The standard InChI is InChI=1S/C23H28N2O4/c1-14(2)18-10-19(22(27)11-21(18)26)23(28)25-12-16-9-17(29-7-6-24(4)5)8-15(3)20(16)13-25/h8-11,26-27H,1,6-7,12-13H2,2-5H3. The number of aromatic hydroxyl groups is 2. The van der Waals surface area contributed by atoms with Crippen LogP contribution in [0.2, 0.25) is 0 Å². The number of ether oxygens (including phenoxy) is 1. The number of likely N-dealkylation sites (N-methyl/N-ethyl adjacent to an activating group) is 1. The van der Waals surface area contributed by atoms with Crippen molar-refractivity contribution in [2.24, 2.45) is 0 Å². The minimum atomic E-state index is -0.282. The molecule has 2 N–H and O–H groups in total. The molecule has 0 spiro atoms. The third kappa shape index (κ3) is 4.38. The lowest BCUT2D eigenvalue weighted by Crippen LogP contribution is -2.25. The number of benzene rings is 2. The summed E-state index contributed by atoms with van der Waals surface area (Å²) in [7, 11) is 4.00. The summed E-state index contributed by atoms with van der Waals surface area (Å²) in [5.74, 6) is 0.189. The molecule has 0 aromatic heterocycles. The highest BCUT2D eigenvalue weighted by Gasteiger charge is 2.28. The van der Waals surface area contributed by atoms with Crippen LogP contribution in [0.5, 0.6) is 17.2 Å². The number of fused-ring (bicyclic) bond motifs is 1. The number of allylic oxidation sites excluding steroid dienone is 1. The molecular formula is C23H28N2O4. The van der Waals surface area contributed by atoms with Gasteiger partial charge in [-0.3, -0.25) is 4.79 Å². The predicted molar refractivity (Wildman–Crippen MR) is 113 cm³/mol. The molecule has 154 valence electrons. The number of amides is 1. The van der Waals surface area contributed by atoms with Crippen molar-refractivity contribution in [2.75, 3.05) is 27.2 Å². The highest BCUT2D eigenvalue weighted by Crippen LogP contribution is 2.35. The van der Waals surface area contributed by atoms with Crippen LogP contribution in [0.25, 0.3) is 5.57 Å². The van der Waals surface area contributed by atoms with Crippen LogP contribution in [0, 0.1) is 6.92 Å². The number of carbonyl (C=O) groups excluding carboxylic acids is 1. The van der Waals surface area contributed by atoms with E-state index < -0.39 is 0 Å². The number of hydrogen-bond donors (Lipinski definition) is 2. The molecule has 29 heavy (non-hydrogen) atoms. The Morgan fingerprint density at radius 2 is 1.83 bits per heavy atom. The normalized spacial score (nSPS) is 12.9. The summed E-state index contributed by atoms with van der Waals surface area (Å²) < 4.78 is 5.86. The van der Waals surface area contributed by atoms with E-state index in [2.05, 4.69) is 11.5 Å². The van der Waals surface area contributed by atoms with Crippen molar-refractivity contribution in [2.45, 2.75) is 26.9 Å². The van der Waals surface area contributed by atoms with Crippen molar-refractivity contribution in [3.63, 3.8) is 0 Å². The molecule has 2 aromatic rings. The molecule has 1 aliphatic heterocycles. The number of phenolic OH excluding ortho intramolecular Hbond substituents is 2. The Kier molecular flexibility index (Phi) is 5.84. The van der Waals surface area contributed by atoms with Gasteiger partial charge < -0.3 is 24.7 Å². The van der Waals surface area contributed by atoms with E-state index >= 15 is 0 Å². The van der Waals surface area contributed by atoms with Gasteiger partial charge in [0.15, 0.2) is 0 Å². The summed E-state index contributed by atoms with van der Waals surface area (Å²) in [4.78, 5) is 16.8. The fraction of sp³-hybridized carbons (Fsp3) is 0.348. The molecule has 1 heterocycles. The Morgan fingerprint density at radius 1 is 1.14 bits per heavy atom. The van der Waals surface area contributed by atoms with Crippen molar-refractivity contribution in [1.82, 2.24) is 9.80 Å². The van der Waals surface area contributed by atoms with E-state index in [1.54, 1.807) is 11.8 Å². The number of phenols is 2. The molecule has 0 saturated heterocycles. The second kappa shape index (κ2) is 8.17. The summed E-state index contributed by atoms with van der Waals surface area (Å²) in [5.41, 5.74) is 4.48. The number of aryl methyl sites for hydroxylation is 1. The van der Waals surface area contributed by atoms with E-state index in [4.69, 9.17) is 4.74 Å². The summed E-state index contributed by atoms with van der Waals surface area (Å²) in [5, 5.41) is 20.2. The highest BCUT2D eigenvalue weighted by atomic mass is 16.5. The van der Waals surface area contributed by atoms with Gasteiger partial charge in [0.25, 0.3) is 5.91 Å². The highest BCUT2D eigenvalue weighted by molar-refractivity contribution is 5.98. The lowest BCUT2D eigenvalue weighted by molar-refractivity contribution is 0.0748. The van der Waals surface area contributed by atoms with Crippen LogP contribution in [0.4, 0.5) is 0 Å². The van der Waals surface area contributed by atoms with Crippen LogP contribution < -0.4 is 4.74 Å². The van der Waals surface area contributed by atoms with E-state index in [-0.39, 0.29) is 23.0 Å². The lowest BCUT2D eigenvalue weighted by atomic mass is 10.0. The molecule has 3 rings (SSSR count). The topological polar surface area (TPSA) is 73.2 Å². The second-order valence-corrected chi connectivity index (χ2v) is 7.86. The van der Waals surface area contributed by atoms with Crippen LogP contribution in [0.3, 0.4) is 0 Å². The molecule has 1 aliphatic rings. The van der Waals surface area contributed by atoms with Crippen LogP contribution in [0.15, 0.2) is 30.8 Å².